The number of alkyl halides is 3. The van der Waals surface area contributed by atoms with Gasteiger partial charge in [0.15, 0.2) is 0 Å². The van der Waals surface area contributed by atoms with Gasteiger partial charge < -0.3 is 5.73 Å². The number of hydrogen-bond donors (Lipinski definition) is 2. The van der Waals surface area contributed by atoms with Gasteiger partial charge in [0, 0.05) is 12.7 Å². The zero-order valence-corrected chi connectivity index (χ0v) is 11.3. The number of sulfonamides is 1. The molecule has 0 radical (unpaired) electrons. The summed E-state index contributed by atoms with van der Waals surface area (Å²) in [7, 11) is -3.83. The number of nitrogens with one attached hydrogen (secondary N) is 1. The van der Waals surface area contributed by atoms with E-state index in [0.717, 1.165) is 6.07 Å². The van der Waals surface area contributed by atoms with E-state index in [9.17, 15) is 21.6 Å². The van der Waals surface area contributed by atoms with E-state index in [4.69, 9.17) is 5.73 Å². The van der Waals surface area contributed by atoms with Crippen molar-refractivity contribution in [2.24, 2.45) is 5.73 Å². The highest BCUT2D eigenvalue weighted by atomic mass is 35.5. The van der Waals surface area contributed by atoms with Crippen molar-refractivity contribution >= 4 is 22.4 Å². The van der Waals surface area contributed by atoms with Crippen LogP contribution in [0, 0.1) is 0 Å². The van der Waals surface area contributed by atoms with Crippen molar-refractivity contribution in [3.63, 3.8) is 0 Å². The number of aromatic nitrogens is 1. The van der Waals surface area contributed by atoms with Gasteiger partial charge >= 0.3 is 6.18 Å². The average Bonchev–Trinajstić information content (AvgIpc) is 2.28. The number of nitrogens with zero attached hydrogens (tertiary/aromatic N) is 1. The van der Waals surface area contributed by atoms with Gasteiger partial charge in [-0.15, -0.1) is 12.4 Å². The van der Waals surface area contributed by atoms with E-state index in [1.165, 1.54) is 0 Å². The molecule has 0 aromatic carbocycles. The lowest BCUT2D eigenvalue weighted by atomic mass is 10.3. The zero-order valence-electron chi connectivity index (χ0n) is 9.64. The van der Waals surface area contributed by atoms with Crippen LogP contribution in [0.4, 0.5) is 13.2 Å². The SMILES string of the molecule is Cl.NCCCNS(=O)(=O)c1ccc(C(F)(F)F)nc1. The third-order valence-corrected chi connectivity index (χ3v) is 3.46. The molecule has 10 heteroatoms. The maximum absolute atomic E-state index is 12.2. The molecule has 0 aliphatic heterocycles. The molecule has 0 spiro atoms. The highest BCUT2D eigenvalue weighted by Gasteiger charge is 2.32. The fourth-order valence-corrected chi connectivity index (χ4v) is 2.12. The van der Waals surface area contributed by atoms with Crippen molar-refractivity contribution in [2.75, 3.05) is 13.1 Å². The molecule has 1 aromatic rings. The summed E-state index contributed by atoms with van der Waals surface area (Å²) < 4.78 is 62.1. The summed E-state index contributed by atoms with van der Waals surface area (Å²) >= 11 is 0. The van der Waals surface area contributed by atoms with Crippen LogP contribution in [0.5, 0.6) is 0 Å². The predicted octanol–water partition coefficient (Wildman–Crippen LogP) is 1.15. The second-order valence-electron chi connectivity index (χ2n) is 3.42. The molecule has 0 atom stereocenters. The van der Waals surface area contributed by atoms with Gasteiger partial charge in [0.2, 0.25) is 10.0 Å². The maximum atomic E-state index is 12.2. The second-order valence-corrected chi connectivity index (χ2v) is 5.18. The molecule has 0 amide bonds. The van der Waals surface area contributed by atoms with Crippen molar-refractivity contribution in [1.29, 1.82) is 0 Å². The summed E-state index contributed by atoms with van der Waals surface area (Å²) in [5, 5.41) is 0. The number of rotatable bonds is 5. The lowest BCUT2D eigenvalue weighted by Gasteiger charge is -2.08. The fraction of sp³-hybridized carbons (Fsp3) is 0.444. The van der Waals surface area contributed by atoms with Crippen LogP contribution in [-0.2, 0) is 16.2 Å². The van der Waals surface area contributed by atoms with E-state index in [0.29, 0.717) is 25.2 Å². The first kappa shape index (κ1) is 18.1. The zero-order chi connectivity index (χ0) is 13.8. The number of nitrogens with two attached hydrogens (primary N) is 1. The largest absolute Gasteiger partial charge is 0.433 e. The minimum Gasteiger partial charge on any atom is -0.330 e. The predicted molar refractivity (Wildman–Crippen MR) is 65.3 cm³/mol. The number of hydrogen-bond acceptors (Lipinski definition) is 4. The Labute approximate surface area is 114 Å². The Morgan fingerprint density at radius 3 is 2.37 bits per heavy atom. The summed E-state index contributed by atoms with van der Waals surface area (Å²) in [6, 6.07) is 1.48. The molecule has 0 unspecified atom stereocenters. The highest BCUT2D eigenvalue weighted by Crippen LogP contribution is 2.27. The van der Waals surface area contributed by atoms with Gasteiger partial charge in [-0.1, -0.05) is 0 Å². The summed E-state index contributed by atoms with van der Waals surface area (Å²) in [6.07, 6.45) is -3.48. The van der Waals surface area contributed by atoms with E-state index < -0.39 is 21.9 Å². The third-order valence-electron chi connectivity index (χ3n) is 2.01. The summed E-state index contributed by atoms with van der Waals surface area (Å²) in [5.74, 6) is 0. The smallest absolute Gasteiger partial charge is 0.330 e. The van der Waals surface area contributed by atoms with Crippen molar-refractivity contribution in [1.82, 2.24) is 9.71 Å². The number of pyridine rings is 1. The molecule has 110 valence electrons. The van der Waals surface area contributed by atoms with Crippen LogP contribution in [0.1, 0.15) is 12.1 Å². The summed E-state index contributed by atoms with van der Waals surface area (Å²) in [6.45, 7) is 0.438. The minimum absolute atomic E-state index is 0. The lowest BCUT2D eigenvalue weighted by Crippen LogP contribution is -2.26. The monoisotopic (exact) mass is 319 g/mol. The molecule has 0 fully saturated rings. The van der Waals surface area contributed by atoms with Gasteiger partial charge in [0.05, 0.1) is 0 Å². The summed E-state index contributed by atoms with van der Waals surface area (Å²) in [5.41, 5.74) is 4.06. The lowest BCUT2D eigenvalue weighted by molar-refractivity contribution is -0.141. The minimum atomic E-state index is -4.59. The van der Waals surface area contributed by atoms with E-state index in [1.807, 2.05) is 0 Å². The van der Waals surface area contributed by atoms with Crippen LogP contribution in [0.3, 0.4) is 0 Å². The molecular weight excluding hydrogens is 307 g/mol. The second kappa shape index (κ2) is 7.04. The van der Waals surface area contributed by atoms with Crippen LogP contribution in [-0.4, -0.2) is 26.5 Å². The molecule has 0 aliphatic carbocycles. The van der Waals surface area contributed by atoms with Gasteiger partial charge in [0.1, 0.15) is 10.6 Å². The Morgan fingerprint density at radius 2 is 1.95 bits per heavy atom. The molecule has 3 N–H and O–H groups in total. The van der Waals surface area contributed by atoms with Gasteiger partial charge in [-0.2, -0.15) is 13.2 Å². The van der Waals surface area contributed by atoms with Crippen LogP contribution < -0.4 is 10.5 Å². The fourth-order valence-electron chi connectivity index (χ4n) is 1.10. The van der Waals surface area contributed by atoms with Crippen LogP contribution >= 0.6 is 12.4 Å². The van der Waals surface area contributed by atoms with Gasteiger partial charge in [-0.3, -0.25) is 4.98 Å². The standard InChI is InChI=1S/C9H12F3N3O2S.ClH/c10-9(11,12)8-3-2-7(6-14-8)18(16,17)15-5-1-4-13;/h2-3,6,15H,1,4-5,13H2;1H. The molecule has 0 saturated carbocycles. The first-order valence-corrected chi connectivity index (χ1v) is 6.48. The maximum Gasteiger partial charge on any atom is 0.433 e. The molecule has 0 aliphatic rings. The van der Waals surface area contributed by atoms with E-state index >= 15 is 0 Å². The van der Waals surface area contributed by atoms with Crippen molar-refractivity contribution in [2.45, 2.75) is 17.5 Å². The molecule has 1 aromatic heterocycles. The first-order valence-electron chi connectivity index (χ1n) is 5.00. The van der Waals surface area contributed by atoms with Gasteiger partial charge in [0.25, 0.3) is 0 Å². The van der Waals surface area contributed by atoms with Crippen LogP contribution in [0.2, 0.25) is 0 Å². The first-order chi connectivity index (χ1) is 8.27. The Bertz CT molecular complexity index is 490. The quantitative estimate of drug-likeness (QED) is 0.797. The van der Waals surface area contributed by atoms with Gasteiger partial charge in [-0.25, -0.2) is 13.1 Å². The average molecular weight is 320 g/mol. The Balaban J connectivity index is 0.00000324. The molecule has 19 heavy (non-hydrogen) atoms. The van der Waals surface area contributed by atoms with Gasteiger partial charge in [-0.05, 0) is 25.1 Å². The molecule has 1 rings (SSSR count). The van der Waals surface area contributed by atoms with Crippen molar-refractivity contribution in [3.05, 3.63) is 24.0 Å². The topological polar surface area (TPSA) is 85.1 Å². The van der Waals surface area contributed by atoms with Crippen LogP contribution in [0.15, 0.2) is 23.2 Å². The molecule has 0 bridgehead atoms. The molecule has 5 nitrogen and oxygen atoms in total. The normalized spacial score (nSPS) is 12.0. The van der Waals surface area contributed by atoms with E-state index in [2.05, 4.69) is 9.71 Å². The van der Waals surface area contributed by atoms with Crippen molar-refractivity contribution in [3.8, 4) is 0 Å². The highest BCUT2D eigenvalue weighted by molar-refractivity contribution is 7.89. The Hall–Kier alpha value is -0.900. The van der Waals surface area contributed by atoms with E-state index in [-0.39, 0.29) is 23.8 Å². The Kier molecular flexibility index (Phi) is 6.70. The third kappa shape index (κ3) is 5.31. The molecule has 0 saturated heterocycles. The number of halogens is 4. The molecule has 1 heterocycles. The summed E-state index contributed by atoms with van der Waals surface area (Å²) in [4.78, 5) is 2.76. The van der Waals surface area contributed by atoms with Crippen LogP contribution in [0.25, 0.3) is 0 Å². The Morgan fingerprint density at radius 1 is 1.32 bits per heavy atom. The van der Waals surface area contributed by atoms with Crippen molar-refractivity contribution < 1.29 is 21.6 Å². The molecular formula is C9H13ClF3N3O2S. The van der Waals surface area contributed by atoms with E-state index in [1.54, 1.807) is 0 Å².